The maximum absolute atomic E-state index is 12.3. The molecular formula is C63H81BrN18O5S3. The molecule has 0 aromatic carbocycles. The van der Waals surface area contributed by atoms with Gasteiger partial charge in [-0.15, -0.1) is 34.0 Å². The first kappa shape index (κ1) is 64.3. The average molecular weight is 1350 g/mol. The summed E-state index contributed by atoms with van der Waals surface area (Å²) in [5.74, 6) is 2.08. The van der Waals surface area contributed by atoms with Crippen LogP contribution in [0.5, 0.6) is 0 Å². The summed E-state index contributed by atoms with van der Waals surface area (Å²) in [5, 5.41) is 38.2. The van der Waals surface area contributed by atoms with E-state index in [9.17, 15) is 14.4 Å². The lowest BCUT2D eigenvalue weighted by molar-refractivity contribution is -0.120. The van der Waals surface area contributed by atoms with E-state index in [1.54, 1.807) is 46.3 Å². The van der Waals surface area contributed by atoms with Gasteiger partial charge in [0.1, 0.15) is 17.5 Å². The number of hydrogen-bond acceptors (Lipinski definition) is 20. The lowest BCUT2D eigenvalue weighted by atomic mass is 10.1. The third-order valence-corrected chi connectivity index (χ3v) is 19.2. The van der Waals surface area contributed by atoms with Crippen LogP contribution in [0.2, 0.25) is 0 Å². The number of carbonyl (C=O) groups is 3. The molecule has 0 bridgehead atoms. The molecule has 2 atom stereocenters. The van der Waals surface area contributed by atoms with Crippen LogP contribution in [-0.2, 0) is 23.9 Å². The molecule has 27 heteroatoms. The third kappa shape index (κ3) is 17.6. The molecule has 5 fully saturated rings. The van der Waals surface area contributed by atoms with Crippen LogP contribution in [0.3, 0.4) is 0 Å². The predicted octanol–water partition coefficient (Wildman–Crippen LogP) is 11.8. The number of ether oxygens (including phenoxy) is 2. The van der Waals surface area contributed by atoms with Crippen LogP contribution in [0.1, 0.15) is 131 Å². The fourth-order valence-electron chi connectivity index (χ4n) is 10.2. The summed E-state index contributed by atoms with van der Waals surface area (Å²) in [5.41, 5.74) is 18.3. The summed E-state index contributed by atoms with van der Waals surface area (Å²) < 4.78 is 20.1. The molecule has 3 amide bonds. The zero-order valence-corrected chi connectivity index (χ0v) is 55.7. The van der Waals surface area contributed by atoms with Crippen molar-refractivity contribution in [1.29, 1.82) is 0 Å². The summed E-state index contributed by atoms with van der Waals surface area (Å²) >= 11 is 8.69. The Kier molecular flexibility index (Phi) is 20.3. The molecule has 3 saturated carbocycles. The Morgan fingerprint density at radius 3 is 1.53 bits per heavy atom. The lowest BCUT2D eigenvalue weighted by Gasteiger charge is -2.24. The van der Waals surface area contributed by atoms with Gasteiger partial charge in [0.15, 0.2) is 12.5 Å². The molecule has 9 aromatic rings. The van der Waals surface area contributed by atoms with E-state index in [0.29, 0.717) is 23.9 Å². The smallest absolute Gasteiger partial charge is 0.239 e. The second kappa shape index (κ2) is 28.5. The second-order valence-electron chi connectivity index (χ2n) is 25.2. The van der Waals surface area contributed by atoms with E-state index in [4.69, 9.17) is 30.9 Å². The fraction of sp³-hybridized carbons (Fsp3) is 0.476. The van der Waals surface area contributed by atoms with Gasteiger partial charge in [-0.1, -0.05) is 0 Å². The number of nitrogens with zero attached hydrogens (tertiary/aromatic N) is 8. The van der Waals surface area contributed by atoms with Crippen LogP contribution in [0.4, 0.5) is 28.8 Å². The van der Waals surface area contributed by atoms with Crippen molar-refractivity contribution in [1.82, 2.24) is 60.7 Å². The number of hydrogen-bond donors (Lipinski definition) is 10. The van der Waals surface area contributed by atoms with Crippen molar-refractivity contribution in [2.24, 2.45) is 5.73 Å². The van der Waals surface area contributed by atoms with Crippen LogP contribution in [0, 0.1) is 0 Å². The number of nitrogens with two attached hydrogens (primary N) is 2. The number of anilines is 5. The highest BCUT2D eigenvalue weighted by molar-refractivity contribution is 9.10. The van der Waals surface area contributed by atoms with Crippen LogP contribution in [-0.4, -0.2) is 124 Å². The van der Waals surface area contributed by atoms with Gasteiger partial charge in [0, 0.05) is 77.6 Å². The minimum absolute atomic E-state index is 0.00128. The molecule has 11 heterocycles. The summed E-state index contributed by atoms with van der Waals surface area (Å²) in [6.45, 7) is 14.9. The number of nitrogen functional groups attached to an aromatic ring is 1. The zero-order valence-electron chi connectivity index (χ0n) is 51.7. The number of carbonyl (C=O) groups excluding carboxylic acids is 3. The fourth-order valence-corrected chi connectivity index (χ4v) is 14.0. The largest absolute Gasteiger partial charge is 0.384 e. The van der Waals surface area contributed by atoms with Gasteiger partial charge in [-0.25, -0.2) is 24.3 Å². The SMILES string of the molecule is CC(C)(C)Nc1cc(Br)c2sc(-c3ccnn3C3CCCCO3)cc2n1.CC(C)(C)Nc1cc(NCC(=O)NC2CC2)c2sc(-c3ccnn3C3CCCCO3)cc2n1.NCC(=O)NC1CC1.Nc1cc(NCC(=O)NC2CC2)c2sc(-c3ccn[nH]3)cc2n1. The van der Waals surface area contributed by atoms with Gasteiger partial charge in [0.25, 0.3) is 0 Å². The Bertz CT molecular complexity index is 3910. The number of nitrogens with one attached hydrogen (secondary N) is 8. The molecule has 3 aliphatic carbocycles. The molecule has 14 rings (SSSR count). The monoisotopic (exact) mass is 1340 g/mol. The molecule has 0 spiro atoms. The number of aromatic amines is 1. The van der Waals surface area contributed by atoms with Crippen molar-refractivity contribution in [3.05, 3.63) is 77.7 Å². The molecule has 23 nitrogen and oxygen atoms in total. The molecule has 0 radical (unpaired) electrons. The number of aromatic nitrogens is 9. The van der Waals surface area contributed by atoms with Crippen molar-refractivity contribution in [3.63, 3.8) is 0 Å². The minimum Gasteiger partial charge on any atom is -0.384 e. The van der Waals surface area contributed by atoms with Crippen molar-refractivity contribution >= 4 is 127 Å². The van der Waals surface area contributed by atoms with Crippen LogP contribution in [0.25, 0.3) is 62.4 Å². The summed E-state index contributed by atoms with van der Waals surface area (Å²) in [6, 6.07) is 19.2. The number of thiophene rings is 3. The maximum atomic E-state index is 12.3. The first-order valence-electron chi connectivity index (χ1n) is 31.0. The first-order valence-corrected chi connectivity index (χ1v) is 34.2. The standard InChI is InChI=1S/C24H32N6O2S.C19H23BrN4OS.C15H16N6OS.C5H10N2O/c1-24(2,3)29-20-13-16(25-14-21(31)27-15-7-8-15)23-17(28-20)12-19(33-23)18-9-10-26-30(18)22-6-4-5-11-32-22;1-19(2,3)23-16-10-12(20)18-13(22-16)11-15(26-18)14-7-8-21-24(14)17-6-4-5-9-25-17;16-13-6-10(17-7-14(22)19-8-1-2-8)15-11(20-13)5-12(23-15)9-3-4-18-21-9;6-3-5(8)7-4-1-2-4/h9-10,12-13,15,22H,4-8,11,14H2,1-3H3,(H,27,31)(H2,25,28,29);7-8,10-11,17H,4-6,9H2,1-3H3,(H,22,23);3-6,8H,1-2,7H2,(H,18,21)(H,19,22)(H3,16,17,20);4H,1-3,6H2,(H,7,8). The number of rotatable bonds is 17. The van der Waals surface area contributed by atoms with Gasteiger partial charge >= 0.3 is 0 Å². The van der Waals surface area contributed by atoms with Crippen molar-refractivity contribution in [3.8, 4) is 31.7 Å². The van der Waals surface area contributed by atoms with Gasteiger partial charge < -0.3 is 58.2 Å². The first-order chi connectivity index (χ1) is 43.3. The Morgan fingerprint density at radius 2 is 1.06 bits per heavy atom. The molecule has 90 heavy (non-hydrogen) atoms. The minimum atomic E-state index is -0.128. The number of halogens is 1. The van der Waals surface area contributed by atoms with Gasteiger partial charge in [-0.2, -0.15) is 15.3 Å². The highest BCUT2D eigenvalue weighted by Crippen LogP contribution is 2.42. The zero-order chi connectivity index (χ0) is 63.1. The van der Waals surface area contributed by atoms with Gasteiger partial charge in [-0.3, -0.25) is 19.5 Å². The topological polar surface area (TPSA) is 309 Å². The highest BCUT2D eigenvalue weighted by Gasteiger charge is 2.28. The highest BCUT2D eigenvalue weighted by atomic mass is 79.9. The third-order valence-electron chi connectivity index (χ3n) is 14.8. The van der Waals surface area contributed by atoms with E-state index < -0.39 is 0 Å². The van der Waals surface area contributed by atoms with E-state index in [-0.39, 0.29) is 60.9 Å². The average Bonchev–Trinajstić information content (AvgIpc) is 1.72. The molecule has 2 unspecified atom stereocenters. The van der Waals surface area contributed by atoms with E-state index in [1.807, 2.05) is 46.0 Å². The molecule has 9 aromatic heterocycles. The predicted molar refractivity (Wildman–Crippen MR) is 365 cm³/mol. The lowest BCUT2D eigenvalue weighted by Crippen LogP contribution is -2.31. The molecule has 2 saturated heterocycles. The number of fused-ring (bicyclic) bond motifs is 3. The number of pyridine rings is 3. The van der Waals surface area contributed by atoms with Crippen LogP contribution < -0.4 is 48.7 Å². The molecular weight excluding hydrogens is 1260 g/mol. The molecule has 478 valence electrons. The van der Waals surface area contributed by atoms with Crippen LogP contribution in [0.15, 0.2) is 77.7 Å². The maximum Gasteiger partial charge on any atom is 0.239 e. The number of amides is 3. The van der Waals surface area contributed by atoms with E-state index in [1.165, 1.54) is 6.42 Å². The Hall–Kier alpha value is -7.27. The summed E-state index contributed by atoms with van der Waals surface area (Å²) in [4.78, 5) is 51.9. The Labute approximate surface area is 543 Å². The summed E-state index contributed by atoms with van der Waals surface area (Å²) in [6.07, 6.45) is 18.6. The Morgan fingerprint density at radius 1 is 0.589 bits per heavy atom. The van der Waals surface area contributed by atoms with Crippen LogP contribution >= 0.6 is 49.9 Å². The van der Waals surface area contributed by atoms with E-state index >= 15 is 0 Å². The summed E-state index contributed by atoms with van der Waals surface area (Å²) in [7, 11) is 0. The van der Waals surface area contributed by atoms with Gasteiger partial charge in [-0.05, 0) is 177 Å². The van der Waals surface area contributed by atoms with Crippen molar-refractivity contribution in [2.75, 3.05) is 59.8 Å². The quantitative estimate of drug-likeness (QED) is 0.0405. The molecule has 2 aliphatic heterocycles. The van der Waals surface area contributed by atoms with Crippen molar-refractivity contribution in [2.45, 2.75) is 160 Å². The molecule has 12 N–H and O–H groups in total. The Balaban J connectivity index is 0.000000132. The normalized spacial score (nSPS) is 17.5. The van der Waals surface area contributed by atoms with E-state index in [0.717, 1.165) is 174 Å². The van der Waals surface area contributed by atoms with Crippen molar-refractivity contribution < 1.29 is 23.9 Å². The molecule has 5 aliphatic rings. The number of H-pyrrole nitrogens is 1. The van der Waals surface area contributed by atoms with Gasteiger partial charge in [0.05, 0.1) is 93.4 Å². The second-order valence-corrected chi connectivity index (χ2v) is 29.2. The van der Waals surface area contributed by atoms with Gasteiger partial charge in [0.2, 0.25) is 17.7 Å². The van der Waals surface area contributed by atoms with E-state index in [2.05, 4.69) is 144 Å².